The van der Waals surface area contributed by atoms with E-state index < -0.39 is 0 Å². The Morgan fingerprint density at radius 2 is 2.25 bits per heavy atom. The lowest BCUT2D eigenvalue weighted by Gasteiger charge is -2.08. The zero-order valence-corrected chi connectivity index (χ0v) is 9.77. The van der Waals surface area contributed by atoms with Gasteiger partial charge in [-0.1, -0.05) is 6.92 Å². The Balaban J connectivity index is 2.14. The molecule has 86 valence electrons. The van der Waals surface area contributed by atoms with Gasteiger partial charge in [0.25, 0.3) is 0 Å². The van der Waals surface area contributed by atoms with Crippen molar-refractivity contribution in [3.8, 4) is 5.75 Å². The number of aromatic nitrogens is 1. The first-order valence-electron chi connectivity index (χ1n) is 5.74. The third-order valence-corrected chi connectivity index (χ3v) is 3.30. The van der Waals surface area contributed by atoms with Crippen LogP contribution in [0.5, 0.6) is 5.75 Å². The average molecular weight is 219 g/mol. The van der Waals surface area contributed by atoms with E-state index in [4.69, 9.17) is 4.74 Å². The van der Waals surface area contributed by atoms with Crippen molar-refractivity contribution in [3.05, 3.63) is 24.0 Å². The van der Waals surface area contributed by atoms with E-state index in [1.54, 1.807) is 25.6 Å². The minimum atomic E-state index is 0.184. The maximum atomic E-state index is 12.2. The number of ether oxygens (including phenoxy) is 1. The van der Waals surface area contributed by atoms with Gasteiger partial charge >= 0.3 is 0 Å². The fraction of sp³-hybridized carbons (Fsp3) is 0.538. The molecule has 2 atom stereocenters. The highest BCUT2D eigenvalue weighted by Gasteiger charge is 2.28. The summed E-state index contributed by atoms with van der Waals surface area (Å²) in [5.41, 5.74) is 0.679. The average Bonchev–Trinajstić information content (AvgIpc) is 2.75. The second-order valence-electron chi connectivity index (χ2n) is 4.59. The highest BCUT2D eigenvalue weighted by molar-refractivity contribution is 5.98. The van der Waals surface area contributed by atoms with E-state index in [0.29, 0.717) is 17.2 Å². The largest absolute Gasteiger partial charge is 0.495 e. The Kier molecular flexibility index (Phi) is 3.22. The molecular weight excluding hydrogens is 202 g/mol. The summed E-state index contributed by atoms with van der Waals surface area (Å²) in [5, 5.41) is 0. The zero-order chi connectivity index (χ0) is 11.5. The van der Waals surface area contributed by atoms with E-state index in [9.17, 15) is 4.79 Å². The fourth-order valence-corrected chi connectivity index (χ4v) is 2.35. The van der Waals surface area contributed by atoms with Gasteiger partial charge in [-0.05, 0) is 31.2 Å². The van der Waals surface area contributed by atoms with Gasteiger partial charge in [0.1, 0.15) is 5.75 Å². The second kappa shape index (κ2) is 4.64. The summed E-state index contributed by atoms with van der Waals surface area (Å²) < 4.78 is 5.07. The topological polar surface area (TPSA) is 39.2 Å². The van der Waals surface area contributed by atoms with Crippen molar-refractivity contribution in [2.24, 2.45) is 11.8 Å². The van der Waals surface area contributed by atoms with Gasteiger partial charge in [-0.15, -0.1) is 0 Å². The standard InChI is InChI=1S/C13H17NO2/c1-9-3-4-10(5-9)13(15)11-6-12(16-2)8-14-7-11/h6-10H,3-5H2,1-2H3. The molecule has 3 heteroatoms. The smallest absolute Gasteiger partial charge is 0.167 e. The van der Waals surface area contributed by atoms with Crippen LogP contribution >= 0.6 is 0 Å². The molecule has 0 N–H and O–H groups in total. The first kappa shape index (κ1) is 11.1. The maximum Gasteiger partial charge on any atom is 0.167 e. The van der Waals surface area contributed by atoms with Crippen LogP contribution < -0.4 is 4.74 Å². The third kappa shape index (κ3) is 2.23. The quantitative estimate of drug-likeness (QED) is 0.734. The van der Waals surface area contributed by atoms with Crippen LogP contribution in [0.15, 0.2) is 18.5 Å². The molecule has 0 bridgehead atoms. The van der Waals surface area contributed by atoms with Crippen molar-refractivity contribution in [2.75, 3.05) is 7.11 Å². The van der Waals surface area contributed by atoms with Crippen LogP contribution in [0.3, 0.4) is 0 Å². The van der Waals surface area contributed by atoms with Crippen molar-refractivity contribution in [2.45, 2.75) is 26.2 Å². The molecule has 1 saturated carbocycles. The van der Waals surface area contributed by atoms with Gasteiger partial charge in [0.05, 0.1) is 13.3 Å². The molecule has 2 rings (SSSR count). The van der Waals surface area contributed by atoms with E-state index in [0.717, 1.165) is 19.3 Å². The molecule has 0 spiro atoms. The molecule has 0 amide bonds. The minimum absolute atomic E-state index is 0.184. The highest BCUT2D eigenvalue weighted by Crippen LogP contribution is 2.32. The molecule has 0 aromatic carbocycles. The number of rotatable bonds is 3. The monoisotopic (exact) mass is 219 g/mol. The van der Waals surface area contributed by atoms with E-state index in [-0.39, 0.29) is 11.7 Å². The molecular formula is C13H17NO2. The predicted molar refractivity (Wildman–Crippen MR) is 61.6 cm³/mol. The first-order chi connectivity index (χ1) is 7.70. The second-order valence-corrected chi connectivity index (χ2v) is 4.59. The predicted octanol–water partition coefficient (Wildman–Crippen LogP) is 2.71. The fourth-order valence-electron chi connectivity index (χ4n) is 2.35. The van der Waals surface area contributed by atoms with Gasteiger partial charge in [-0.2, -0.15) is 0 Å². The van der Waals surface area contributed by atoms with Crippen molar-refractivity contribution in [1.82, 2.24) is 4.98 Å². The van der Waals surface area contributed by atoms with Crippen LogP contribution in [0.4, 0.5) is 0 Å². The molecule has 1 aliphatic rings. The van der Waals surface area contributed by atoms with Crippen LogP contribution in [0.2, 0.25) is 0 Å². The van der Waals surface area contributed by atoms with Crippen molar-refractivity contribution < 1.29 is 9.53 Å². The van der Waals surface area contributed by atoms with Gasteiger partial charge in [-0.25, -0.2) is 0 Å². The molecule has 1 heterocycles. The van der Waals surface area contributed by atoms with Gasteiger partial charge in [-0.3, -0.25) is 9.78 Å². The molecule has 3 nitrogen and oxygen atoms in total. The van der Waals surface area contributed by atoms with E-state index in [1.807, 2.05) is 0 Å². The van der Waals surface area contributed by atoms with E-state index >= 15 is 0 Å². The summed E-state index contributed by atoms with van der Waals surface area (Å²) in [7, 11) is 1.59. The van der Waals surface area contributed by atoms with Gasteiger partial charge in [0, 0.05) is 17.7 Å². The lowest BCUT2D eigenvalue weighted by Crippen LogP contribution is -2.12. The summed E-state index contributed by atoms with van der Waals surface area (Å²) in [6, 6.07) is 1.78. The lowest BCUT2D eigenvalue weighted by molar-refractivity contribution is 0.0919. The SMILES string of the molecule is COc1cncc(C(=O)C2CCC(C)C2)c1. The molecule has 1 aromatic heterocycles. The Morgan fingerprint density at radius 1 is 1.44 bits per heavy atom. The number of hydrogen-bond donors (Lipinski definition) is 0. The Labute approximate surface area is 95.8 Å². The summed E-state index contributed by atoms with van der Waals surface area (Å²) in [6.07, 6.45) is 6.43. The van der Waals surface area contributed by atoms with Crippen LogP contribution in [0, 0.1) is 11.8 Å². The summed E-state index contributed by atoms with van der Waals surface area (Å²) in [6.45, 7) is 2.21. The van der Waals surface area contributed by atoms with Crippen LogP contribution in [-0.4, -0.2) is 17.9 Å². The van der Waals surface area contributed by atoms with Crippen molar-refractivity contribution >= 4 is 5.78 Å². The Morgan fingerprint density at radius 3 is 2.88 bits per heavy atom. The van der Waals surface area contributed by atoms with Crippen molar-refractivity contribution in [3.63, 3.8) is 0 Å². The maximum absolute atomic E-state index is 12.2. The van der Waals surface area contributed by atoms with E-state index in [1.165, 1.54) is 0 Å². The van der Waals surface area contributed by atoms with Gasteiger partial charge in [0.2, 0.25) is 0 Å². The molecule has 1 aromatic rings. The summed E-state index contributed by atoms with van der Waals surface area (Å²) in [5.74, 6) is 1.73. The number of pyridine rings is 1. The molecule has 16 heavy (non-hydrogen) atoms. The van der Waals surface area contributed by atoms with Gasteiger partial charge in [0.15, 0.2) is 5.78 Å². The number of methoxy groups -OCH3 is 1. The molecule has 1 aliphatic carbocycles. The number of hydrogen-bond acceptors (Lipinski definition) is 3. The molecule has 0 saturated heterocycles. The normalized spacial score (nSPS) is 24.4. The van der Waals surface area contributed by atoms with Crippen LogP contribution in [0.25, 0.3) is 0 Å². The first-order valence-corrected chi connectivity index (χ1v) is 5.74. The Hall–Kier alpha value is -1.38. The van der Waals surface area contributed by atoms with Gasteiger partial charge < -0.3 is 4.74 Å². The van der Waals surface area contributed by atoms with Crippen LogP contribution in [0.1, 0.15) is 36.5 Å². The molecule has 1 fully saturated rings. The third-order valence-electron chi connectivity index (χ3n) is 3.30. The number of nitrogens with zero attached hydrogens (tertiary/aromatic N) is 1. The van der Waals surface area contributed by atoms with E-state index in [2.05, 4.69) is 11.9 Å². The molecule has 2 unspecified atom stereocenters. The highest BCUT2D eigenvalue weighted by atomic mass is 16.5. The number of carbonyl (C=O) groups is 1. The summed E-state index contributed by atoms with van der Waals surface area (Å²) in [4.78, 5) is 16.2. The molecule has 0 radical (unpaired) electrons. The number of carbonyl (C=O) groups excluding carboxylic acids is 1. The Bertz CT molecular complexity index is 389. The van der Waals surface area contributed by atoms with Crippen molar-refractivity contribution in [1.29, 1.82) is 0 Å². The number of Topliss-reactive ketones (excluding diaryl/α,β-unsaturated/α-hetero) is 1. The number of ketones is 1. The lowest BCUT2D eigenvalue weighted by atomic mass is 9.96. The molecule has 0 aliphatic heterocycles. The van der Waals surface area contributed by atoms with Crippen LogP contribution in [-0.2, 0) is 0 Å². The zero-order valence-electron chi connectivity index (χ0n) is 9.77. The minimum Gasteiger partial charge on any atom is -0.495 e. The summed E-state index contributed by atoms with van der Waals surface area (Å²) >= 11 is 0.